The Morgan fingerprint density at radius 3 is 2.47 bits per heavy atom. The third-order valence-corrected chi connectivity index (χ3v) is 3.37. The predicted molar refractivity (Wildman–Crippen MR) is 64.9 cm³/mol. The Hall–Kier alpha value is -0.0800. The Morgan fingerprint density at radius 1 is 1.20 bits per heavy atom. The summed E-state index contributed by atoms with van der Waals surface area (Å²) >= 11 is 0. The topological polar surface area (TPSA) is 35.2 Å². The summed E-state index contributed by atoms with van der Waals surface area (Å²) in [6, 6.07) is 0.348. The fourth-order valence-electron chi connectivity index (χ4n) is 2.21. The molecule has 0 bridgehead atoms. The SMILES string of the molecule is CC(N)CCCCOC1CCC(C)CC1. The van der Waals surface area contributed by atoms with Gasteiger partial charge in [-0.2, -0.15) is 0 Å². The van der Waals surface area contributed by atoms with Gasteiger partial charge in [-0.15, -0.1) is 0 Å². The first kappa shape index (κ1) is 13.0. The molecular weight excluding hydrogens is 186 g/mol. The lowest BCUT2D eigenvalue weighted by molar-refractivity contribution is 0.0178. The molecule has 1 aliphatic rings. The van der Waals surface area contributed by atoms with Crippen molar-refractivity contribution in [1.82, 2.24) is 0 Å². The van der Waals surface area contributed by atoms with Crippen molar-refractivity contribution < 1.29 is 4.74 Å². The zero-order valence-electron chi connectivity index (χ0n) is 10.4. The number of rotatable bonds is 6. The van der Waals surface area contributed by atoms with E-state index in [2.05, 4.69) is 13.8 Å². The minimum Gasteiger partial charge on any atom is -0.378 e. The number of nitrogens with two attached hydrogens (primary N) is 1. The van der Waals surface area contributed by atoms with E-state index < -0.39 is 0 Å². The molecule has 1 unspecified atom stereocenters. The van der Waals surface area contributed by atoms with Crippen LogP contribution in [0.5, 0.6) is 0 Å². The van der Waals surface area contributed by atoms with Crippen molar-refractivity contribution in [2.24, 2.45) is 11.7 Å². The second-order valence-electron chi connectivity index (χ2n) is 5.23. The molecule has 2 nitrogen and oxygen atoms in total. The largest absolute Gasteiger partial charge is 0.378 e. The van der Waals surface area contributed by atoms with E-state index in [9.17, 15) is 0 Å². The van der Waals surface area contributed by atoms with Gasteiger partial charge in [0.05, 0.1) is 6.10 Å². The van der Waals surface area contributed by atoms with E-state index in [0.717, 1.165) is 18.9 Å². The fraction of sp³-hybridized carbons (Fsp3) is 1.00. The maximum Gasteiger partial charge on any atom is 0.0575 e. The number of unbranched alkanes of at least 4 members (excludes halogenated alkanes) is 1. The Bertz CT molecular complexity index is 151. The lowest BCUT2D eigenvalue weighted by Gasteiger charge is -2.26. The van der Waals surface area contributed by atoms with Crippen LogP contribution in [0.1, 0.15) is 58.8 Å². The maximum atomic E-state index is 5.87. The van der Waals surface area contributed by atoms with Crippen molar-refractivity contribution >= 4 is 0 Å². The molecule has 0 amide bonds. The molecule has 0 radical (unpaired) electrons. The number of ether oxygens (including phenoxy) is 1. The molecule has 0 aromatic carbocycles. The van der Waals surface area contributed by atoms with Gasteiger partial charge in [-0.05, 0) is 57.8 Å². The van der Waals surface area contributed by atoms with Crippen LogP contribution in [0, 0.1) is 5.92 Å². The molecule has 0 aliphatic heterocycles. The summed E-state index contributed by atoms with van der Waals surface area (Å²) in [4.78, 5) is 0. The standard InChI is InChI=1S/C13H27NO/c1-11-6-8-13(9-7-11)15-10-4-3-5-12(2)14/h11-13H,3-10,14H2,1-2H3. The molecule has 0 heterocycles. The molecule has 1 fully saturated rings. The van der Waals surface area contributed by atoms with Crippen molar-refractivity contribution in [3.63, 3.8) is 0 Å². The van der Waals surface area contributed by atoms with Crippen LogP contribution < -0.4 is 5.73 Å². The summed E-state index contributed by atoms with van der Waals surface area (Å²) in [6.07, 6.45) is 9.31. The number of hydrogen-bond acceptors (Lipinski definition) is 2. The minimum atomic E-state index is 0.348. The highest BCUT2D eigenvalue weighted by molar-refractivity contribution is 4.69. The third-order valence-electron chi connectivity index (χ3n) is 3.37. The van der Waals surface area contributed by atoms with Crippen LogP contribution in [-0.4, -0.2) is 18.8 Å². The van der Waals surface area contributed by atoms with Gasteiger partial charge in [-0.25, -0.2) is 0 Å². The van der Waals surface area contributed by atoms with Gasteiger partial charge in [-0.3, -0.25) is 0 Å². The summed E-state index contributed by atoms with van der Waals surface area (Å²) in [5, 5.41) is 0. The van der Waals surface area contributed by atoms with Crippen molar-refractivity contribution in [3.8, 4) is 0 Å². The summed E-state index contributed by atoms with van der Waals surface area (Å²) < 4.78 is 5.87. The molecule has 1 rings (SSSR count). The molecule has 90 valence electrons. The Balaban J connectivity index is 1.91. The third kappa shape index (κ3) is 6.16. The van der Waals surface area contributed by atoms with Crippen molar-refractivity contribution in [2.75, 3.05) is 6.61 Å². The van der Waals surface area contributed by atoms with E-state index in [4.69, 9.17) is 10.5 Å². The minimum absolute atomic E-state index is 0.348. The molecule has 0 saturated heterocycles. The van der Waals surface area contributed by atoms with Gasteiger partial charge in [0.2, 0.25) is 0 Å². The van der Waals surface area contributed by atoms with Gasteiger partial charge in [0, 0.05) is 12.6 Å². The monoisotopic (exact) mass is 213 g/mol. The smallest absolute Gasteiger partial charge is 0.0575 e. The zero-order valence-corrected chi connectivity index (χ0v) is 10.4. The second-order valence-corrected chi connectivity index (χ2v) is 5.23. The second kappa shape index (κ2) is 7.24. The highest BCUT2D eigenvalue weighted by Crippen LogP contribution is 2.25. The van der Waals surface area contributed by atoms with Gasteiger partial charge >= 0.3 is 0 Å². The van der Waals surface area contributed by atoms with Gasteiger partial charge in [0.1, 0.15) is 0 Å². The van der Waals surface area contributed by atoms with Gasteiger partial charge in [0.25, 0.3) is 0 Å². The van der Waals surface area contributed by atoms with E-state index in [-0.39, 0.29) is 0 Å². The molecule has 0 aromatic heterocycles. The summed E-state index contributed by atoms with van der Waals surface area (Å²) in [5.74, 6) is 0.919. The molecule has 1 saturated carbocycles. The molecule has 1 aliphatic carbocycles. The summed E-state index contributed by atoms with van der Waals surface area (Å²) in [5.41, 5.74) is 5.69. The van der Waals surface area contributed by atoms with Crippen LogP contribution >= 0.6 is 0 Å². The van der Waals surface area contributed by atoms with Gasteiger partial charge in [0.15, 0.2) is 0 Å². The highest BCUT2D eigenvalue weighted by Gasteiger charge is 2.17. The van der Waals surface area contributed by atoms with Crippen LogP contribution in [0.4, 0.5) is 0 Å². The quantitative estimate of drug-likeness (QED) is 0.688. The first-order chi connectivity index (χ1) is 7.18. The number of hydrogen-bond donors (Lipinski definition) is 1. The zero-order chi connectivity index (χ0) is 11.1. The van der Waals surface area contributed by atoms with Crippen LogP contribution in [0.15, 0.2) is 0 Å². The van der Waals surface area contributed by atoms with E-state index in [0.29, 0.717) is 12.1 Å². The first-order valence-corrected chi connectivity index (χ1v) is 6.55. The Morgan fingerprint density at radius 2 is 1.87 bits per heavy atom. The van der Waals surface area contributed by atoms with Gasteiger partial charge < -0.3 is 10.5 Å². The lowest BCUT2D eigenvalue weighted by Crippen LogP contribution is -2.21. The molecule has 0 spiro atoms. The van der Waals surface area contributed by atoms with Crippen molar-refractivity contribution in [3.05, 3.63) is 0 Å². The van der Waals surface area contributed by atoms with Crippen LogP contribution in [-0.2, 0) is 4.74 Å². The van der Waals surface area contributed by atoms with Crippen molar-refractivity contribution in [1.29, 1.82) is 0 Å². The van der Waals surface area contributed by atoms with E-state index in [1.54, 1.807) is 0 Å². The molecule has 2 N–H and O–H groups in total. The first-order valence-electron chi connectivity index (χ1n) is 6.55. The van der Waals surface area contributed by atoms with E-state index >= 15 is 0 Å². The summed E-state index contributed by atoms with van der Waals surface area (Å²) in [6.45, 7) is 5.36. The molecule has 2 heteroatoms. The molecule has 15 heavy (non-hydrogen) atoms. The maximum absolute atomic E-state index is 5.87. The Kier molecular flexibility index (Phi) is 6.26. The Labute approximate surface area is 94.6 Å². The van der Waals surface area contributed by atoms with Gasteiger partial charge in [-0.1, -0.05) is 6.92 Å². The van der Waals surface area contributed by atoms with Crippen LogP contribution in [0.3, 0.4) is 0 Å². The normalized spacial score (nSPS) is 29.0. The average molecular weight is 213 g/mol. The molecule has 1 atom stereocenters. The van der Waals surface area contributed by atoms with Crippen molar-refractivity contribution in [2.45, 2.75) is 70.9 Å². The lowest BCUT2D eigenvalue weighted by atomic mass is 9.89. The average Bonchev–Trinajstić information content (AvgIpc) is 2.20. The van der Waals surface area contributed by atoms with E-state index in [1.165, 1.54) is 38.5 Å². The highest BCUT2D eigenvalue weighted by atomic mass is 16.5. The summed E-state index contributed by atoms with van der Waals surface area (Å²) in [7, 11) is 0. The predicted octanol–water partition coefficient (Wildman–Crippen LogP) is 3.10. The van der Waals surface area contributed by atoms with E-state index in [1.807, 2.05) is 0 Å². The fourth-order valence-corrected chi connectivity index (χ4v) is 2.21. The molecular formula is C13H27NO. The van der Waals surface area contributed by atoms with Crippen LogP contribution in [0.2, 0.25) is 0 Å². The van der Waals surface area contributed by atoms with Crippen LogP contribution in [0.25, 0.3) is 0 Å². The molecule has 0 aromatic rings.